The van der Waals surface area contributed by atoms with Gasteiger partial charge in [0.15, 0.2) is 11.6 Å². The Hall–Kier alpha value is -4.02. The van der Waals surface area contributed by atoms with Gasteiger partial charge in [-0.25, -0.2) is 9.37 Å². The first kappa shape index (κ1) is 25.6. The van der Waals surface area contributed by atoms with Gasteiger partial charge in [0.2, 0.25) is 11.8 Å². The molecule has 0 fully saturated rings. The standard InChI is InChI=1S/C28H25FN4O4S/c1-3-36-19-10-8-18(9-11-19)31-24(35)15-38-28-22-12-21-17(14-34)13-30-16(2)25(21)37-27(22)32-26(33-28)20-6-4-5-7-23(20)29/h4-11,13,34H,3,12,14-15H2,1-2H3,(H,31,35). The quantitative estimate of drug-likeness (QED) is 0.205. The van der Waals surface area contributed by atoms with Gasteiger partial charge >= 0.3 is 0 Å². The number of aliphatic hydroxyl groups excluding tert-OH is 1. The topological polar surface area (TPSA) is 106 Å². The smallest absolute Gasteiger partial charge is 0.234 e. The van der Waals surface area contributed by atoms with Crippen molar-refractivity contribution in [3.63, 3.8) is 0 Å². The van der Waals surface area contributed by atoms with Crippen LogP contribution in [0, 0.1) is 12.7 Å². The molecule has 38 heavy (non-hydrogen) atoms. The molecule has 3 heterocycles. The molecule has 0 radical (unpaired) electrons. The summed E-state index contributed by atoms with van der Waals surface area (Å²) in [5, 5.41) is 13.2. The number of benzene rings is 2. The minimum Gasteiger partial charge on any atom is -0.494 e. The molecule has 0 atom stereocenters. The maximum Gasteiger partial charge on any atom is 0.234 e. The molecule has 0 bridgehead atoms. The number of ether oxygens (including phenoxy) is 2. The number of nitrogens with one attached hydrogen (secondary N) is 1. The van der Waals surface area contributed by atoms with Crippen molar-refractivity contribution < 1.29 is 23.8 Å². The van der Waals surface area contributed by atoms with Gasteiger partial charge in [0.25, 0.3) is 0 Å². The van der Waals surface area contributed by atoms with Crippen LogP contribution in [0.5, 0.6) is 17.4 Å². The largest absolute Gasteiger partial charge is 0.494 e. The average molecular weight is 533 g/mol. The number of anilines is 1. The number of amides is 1. The number of carbonyl (C=O) groups excluding carboxylic acids is 1. The molecular formula is C28H25FN4O4S. The number of thioether (sulfide) groups is 1. The van der Waals surface area contributed by atoms with Crippen LogP contribution in [0.3, 0.4) is 0 Å². The Bertz CT molecular complexity index is 1500. The van der Waals surface area contributed by atoms with Crippen molar-refractivity contribution in [1.82, 2.24) is 15.0 Å². The average Bonchev–Trinajstić information content (AvgIpc) is 2.92. The van der Waals surface area contributed by atoms with E-state index in [-0.39, 0.29) is 35.5 Å². The van der Waals surface area contributed by atoms with Gasteiger partial charge in [-0.3, -0.25) is 9.78 Å². The van der Waals surface area contributed by atoms with Crippen LogP contribution in [0.25, 0.3) is 11.4 Å². The number of aromatic nitrogens is 3. The highest BCUT2D eigenvalue weighted by atomic mass is 32.2. The zero-order valence-electron chi connectivity index (χ0n) is 20.8. The molecule has 0 saturated heterocycles. The number of aliphatic hydroxyl groups is 1. The summed E-state index contributed by atoms with van der Waals surface area (Å²) in [6.45, 7) is 4.08. The summed E-state index contributed by atoms with van der Waals surface area (Å²) in [6.07, 6.45) is 2.00. The molecule has 8 nitrogen and oxygen atoms in total. The Morgan fingerprint density at radius 3 is 2.68 bits per heavy atom. The van der Waals surface area contributed by atoms with E-state index in [2.05, 4.69) is 20.3 Å². The second-order valence-electron chi connectivity index (χ2n) is 8.52. The Kier molecular flexibility index (Phi) is 7.52. The SMILES string of the molecule is CCOc1ccc(NC(=O)CSc2nc(-c3ccccc3F)nc3c2Cc2c(CO)cnc(C)c2O3)cc1. The highest BCUT2D eigenvalue weighted by Crippen LogP contribution is 2.42. The summed E-state index contributed by atoms with van der Waals surface area (Å²) in [6, 6.07) is 13.4. The number of hydrogen-bond acceptors (Lipinski definition) is 8. The number of fused-ring (bicyclic) bond motifs is 2. The van der Waals surface area contributed by atoms with Gasteiger partial charge in [0.1, 0.15) is 16.6 Å². The first-order chi connectivity index (χ1) is 18.5. The molecule has 1 aliphatic heterocycles. The van der Waals surface area contributed by atoms with Crippen LogP contribution >= 0.6 is 11.8 Å². The molecule has 1 amide bonds. The highest BCUT2D eigenvalue weighted by Gasteiger charge is 2.28. The van der Waals surface area contributed by atoms with Crippen LogP contribution in [0.4, 0.5) is 10.1 Å². The summed E-state index contributed by atoms with van der Waals surface area (Å²) in [4.78, 5) is 26.3. The predicted octanol–water partition coefficient (Wildman–Crippen LogP) is 5.30. The fourth-order valence-electron chi connectivity index (χ4n) is 4.11. The van der Waals surface area contributed by atoms with E-state index < -0.39 is 5.82 Å². The van der Waals surface area contributed by atoms with E-state index in [0.717, 1.165) is 11.3 Å². The van der Waals surface area contributed by atoms with Crippen molar-refractivity contribution in [1.29, 1.82) is 0 Å². The third kappa shape index (κ3) is 5.32. The number of pyridine rings is 1. The van der Waals surface area contributed by atoms with Crippen LogP contribution in [-0.4, -0.2) is 38.3 Å². The summed E-state index contributed by atoms with van der Waals surface area (Å²) in [7, 11) is 0. The van der Waals surface area contributed by atoms with Gasteiger partial charge < -0.3 is 19.9 Å². The van der Waals surface area contributed by atoms with E-state index in [0.29, 0.717) is 46.3 Å². The minimum atomic E-state index is -0.465. The molecule has 0 unspecified atom stereocenters. The van der Waals surface area contributed by atoms with Crippen LogP contribution in [0.1, 0.15) is 29.3 Å². The lowest BCUT2D eigenvalue weighted by atomic mass is 9.99. The number of carbonyl (C=O) groups is 1. The van der Waals surface area contributed by atoms with Crippen molar-refractivity contribution in [3.05, 3.63) is 82.9 Å². The molecule has 2 aromatic heterocycles. The highest BCUT2D eigenvalue weighted by molar-refractivity contribution is 8.00. The summed E-state index contributed by atoms with van der Waals surface area (Å²) < 4.78 is 26.2. The van der Waals surface area contributed by atoms with E-state index in [1.165, 1.54) is 17.8 Å². The van der Waals surface area contributed by atoms with Crippen molar-refractivity contribution >= 4 is 23.4 Å². The second-order valence-corrected chi connectivity index (χ2v) is 9.49. The van der Waals surface area contributed by atoms with Crippen molar-refractivity contribution in [2.45, 2.75) is 31.9 Å². The van der Waals surface area contributed by atoms with Crippen molar-refractivity contribution in [3.8, 4) is 28.8 Å². The van der Waals surface area contributed by atoms with E-state index in [1.54, 1.807) is 48.7 Å². The maximum atomic E-state index is 14.6. The Labute approximate surface area is 223 Å². The third-order valence-electron chi connectivity index (χ3n) is 5.96. The molecule has 2 aromatic carbocycles. The first-order valence-corrected chi connectivity index (χ1v) is 13.0. The predicted molar refractivity (Wildman–Crippen MR) is 142 cm³/mol. The van der Waals surface area contributed by atoms with Crippen LogP contribution in [0.2, 0.25) is 0 Å². The summed E-state index contributed by atoms with van der Waals surface area (Å²) in [5.74, 6) is 1.04. The summed E-state index contributed by atoms with van der Waals surface area (Å²) >= 11 is 1.21. The van der Waals surface area contributed by atoms with Gasteiger partial charge in [-0.05, 0) is 50.2 Å². The zero-order valence-corrected chi connectivity index (χ0v) is 21.6. The number of nitrogens with zero attached hydrogens (tertiary/aromatic N) is 3. The zero-order chi connectivity index (χ0) is 26.6. The van der Waals surface area contributed by atoms with E-state index >= 15 is 0 Å². The van der Waals surface area contributed by atoms with Crippen LogP contribution in [-0.2, 0) is 17.8 Å². The first-order valence-electron chi connectivity index (χ1n) is 12.0. The van der Waals surface area contributed by atoms with E-state index in [9.17, 15) is 14.3 Å². The van der Waals surface area contributed by atoms with Gasteiger partial charge in [-0.2, -0.15) is 4.98 Å². The Morgan fingerprint density at radius 2 is 1.95 bits per heavy atom. The molecule has 0 aliphatic carbocycles. The van der Waals surface area contributed by atoms with Crippen LogP contribution < -0.4 is 14.8 Å². The third-order valence-corrected chi connectivity index (χ3v) is 6.98. The summed E-state index contributed by atoms with van der Waals surface area (Å²) in [5.41, 5.74) is 3.61. The lowest BCUT2D eigenvalue weighted by molar-refractivity contribution is -0.113. The van der Waals surface area contributed by atoms with Gasteiger partial charge in [0, 0.05) is 29.4 Å². The lowest BCUT2D eigenvalue weighted by Gasteiger charge is -2.24. The molecule has 10 heteroatoms. The molecule has 2 N–H and O–H groups in total. The van der Waals surface area contributed by atoms with E-state index in [1.807, 2.05) is 13.8 Å². The van der Waals surface area contributed by atoms with Crippen molar-refractivity contribution in [2.75, 3.05) is 17.7 Å². The number of rotatable bonds is 8. The van der Waals surface area contributed by atoms with Gasteiger partial charge in [0.05, 0.1) is 35.8 Å². The number of hydrogen-bond donors (Lipinski definition) is 2. The van der Waals surface area contributed by atoms with Gasteiger partial charge in [-0.15, -0.1) is 0 Å². The Morgan fingerprint density at radius 1 is 1.16 bits per heavy atom. The fraction of sp³-hybridized carbons (Fsp3) is 0.214. The number of aryl methyl sites for hydroxylation is 1. The molecule has 0 saturated carbocycles. The second kappa shape index (κ2) is 11.2. The number of halogens is 1. The molecule has 1 aliphatic rings. The fourth-order valence-corrected chi connectivity index (χ4v) is 4.93. The maximum absolute atomic E-state index is 14.6. The minimum absolute atomic E-state index is 0.0580. The van der Waals surface area contributed by atoms with Crippen molar-refractivity contribution in [2.24, 2.45) is 0 Å². The normalized spacial score (nSPS) is 11.8. The molecule has 4 aromatic rings. The van der Waals surface area contributed by atoms with Crippen LogP contribution in [0.15, 0.2) is 59.8 Å². The molecule has 194 valence electrons. The monoisotopic (exact) mass is 532 g/mol. The molecule has 5 rings (SSSR count). The molecule has 0 spiro atoms. The van der Waals surface area contributed by atoms with Gasteiger partial charge in [-0.1, -0.05) is 23.9 Å². The van der Waals surface area contributed by atoms with E-state index in [4.69, 9.17) is 9.47 Å². The molecular weight excluding hydrogens is 507 g/mol. The lowest BCUT2D eigenvalue weighted by Crippen LogP contribution is -2.16. The Balaban J connectivity index is 1.45.